The van der Waals surface area contributed by atoms with E-state index in [-0.39, 0.29) is 5.57 Å². The monoisotopic (exact) mass is 409 g/mol. The van der Waals surface area contributed by atoms with Crippen molar-refractivity contribution < 1.29 is 31.4 Å². The second-order valence-corrected chi connectivity index (χ2v) is 6.48. The van der Waals surface area contributed by atoms with Crippen molar-refractivity contribution >= 4 is 5.57 Å². The van der Waals surface area contributed by atoms with Gasteiger partial charge < -0.3 is 5.11 Å². The van der Waals surface area contributed by atoms with Gasteiger partial charge in [-0.15, -0.1) is 0 Å². The number of hydrogen-bond acceptors (Lipinski definition) is 2. The Kier molecular flexibility index (Phi) is 5.05. The third-order valence-electron chi connectivity index (χ3n) is 4.69. The van der Waals surface area contributed by atoms with Crippen LogP contribution in [0.25, 0.3) is 5.57 Å². The Hall–Kier alpha value is -3.05. The van der Waals surface area contributed by atoms with E-state index in [1.165, 1.54) is 18.2 Å². The summed E-state index contributed by atoms with van der Waals surface area (Å²) in [7, 11) is 0. The van der Waals surface area contributed by atoms with Crippen molar-refractivity contribution in [3.8, 4) is 6.07 Å². The zero-order valence-electron chi connectivity index (χ0n) is 14.6. The summed E-state index contributed by atoms with van der Waals surface area (Å²) in [5, 5.41) is 20.5. The lowest BCUT2D eigenvalue weighted by Gasteiger charge is -2.36. The van der Waals surface area contributed by atoms with E-state index in [4.69, 9.17) is 5.26 Å². The van der Waals surface area contributed by atoms with Gasteiger partial charge in [-0.2, -0.15) is 31.6 Å². The number of nitrogens with zero attached hydrogens (tertiary/aromatic N) is 1. The molecule has 0 saturated carbocycles. The highest BCUT2D eigenvalue weighted by molar-refractivity contribution is 5.81. The quantitative estimate of drug-likeness (QED) is 0.633. The van der Waals surface area contributed by atoms with Crippen molar-refractivity contribution in [2.45, 2.75) is 24.4 Å². The molecule has 1 aliphatic rings. The van der Waals surface area contributed by atoms with Gasteiger partial charge in [0.15, 0.2) is 0 Å². The molecule has 1 aliphatic carbocycles. The van der Waals surface area contributed by atoms with E-state index < -0.39 is 52.2 Å². The molecule has 0 aliphatic heterocycles. The number of nitriles is 1. The molecule has 150 valence electrons. The third-order valence-corrected chi connectivity index (χ3v) is 4.69. The molecule has 8 heteroatoms. The first kappa shape index (κ1) is 20.7. The number of benzene rings is 2. The summed E-state index contributed by atoms with van der Waals surface area (Å²) < 4.78 is 81.2. The second kappa shape index (κ2) is 7.08. The van der Waals surface area contributed by atoms with Gasteiger partial charge in [0, 0.05) is 17.6 Å². The highest BCUT2D eigenvalue weighted by Crippen LogP contribution is 2.49. The molecular formula is C21H13F6NO. The summed E-state index contributed by atoms with van der Waals surface area (Å²) in [5.74, 6) is 0. The Labute approximate surface area is 162 Å². The third kappa shape index (κ3) is 3.78. The number of alkyl halides is 6. The predicted molar refractivity (Wildman–Crippen MR) is 93.1 cm³/mol. The van der Waals surface area contributed by atoms with Crippen molar-refractivity contribution in [3.63, 3.8) is 0 Å². The summed E-state index contributed by atoms with van der Waals surface area (Å²) >= 11 is 0. The van der Waals surface area contributed by atoms with Gasteiger partial charge in [0.05, 0.1) is 17.2 Å². The fourth-order valence-electron chi connectivity index (χ4n) is 3.39. The molecule has 0 bridgehead atoms. The first-order valence-electron chi connectivity index (χ1n) is 8.36. The summed E-state index contributed by atoms with van der Waals surface area (Å²) in [6.45, 7) is 0. The first-order valence-corrected chi connectivity index (χ1v) is 8.36. The van der Waals surface area contributed by atoms with Gasteiger partial charge in [-0.25, -0.2) is 0 Å². The Bertz CT molecular complexity index is 1040. The number of hydrogen-bond donors (Lipinski definition) is 1. The van der Waals surface area contributed by atoms with Crippen molar-refractivity contribution in [2.75, 3.05) is 0 Å². The molecule has 29 heavy (non-hydrogen) atoms. The van der Waals surface area contributed by atoms with Crippen LogP contribution in [0.15, 0.2) is 66.3 Å². The van der Waals surface area contributed by atoms with Crippen LogP contribution >= 0.6 is 0 Å². The summed E-state index contributed by atoms with van der Waals surface area (Å²) in [4.78, 5) is 0. The van der Waals surface area contributed by atoms with Crippen molar-refractivity contribution in [3.05, 3.63) is 88.5 Å². The molecule has 0 fully saturated rings. The van der Waals surface area contributed by atoms with Gasteiger partial charge in [-0.3, -0.25) is 0 Å². The Morgan fingerprint density at radius 2 is 1.41 bits per heavy atom. The fraction of sp³-hybridized carbons (Fsp3) is 0.190. The number of aliphatic hydroxyl groups is 1. The molecule has 0 saturated heterocycles. The van der Waals surface area contributed by atoms with Gasteiger partial charge in [0.1, 0.15) is 5.60 Å². The lowest BCUT2D eigenvalue weighted by Crippen LogP contribution is -2.32. The van der Waals surface area contributed by atoms with Gasteiger partial charge in [0.25, 0.3) is 0 Å². The first-order chi connectivity index (χ1) is 13.5. The maximum Gasteiger partial charge on any atom is 0.416 e. The molecule has 1 N–H and O–H groups in total. The number of rotatable bonds is 2. The van der Waals surface area contributed by atoms with Crippen LogP contribution in [-0.4, -0.2) is 5.11 Å². The van der Waals surface area contributed by atoms with E-state index in [1.54, 1.807) is 6.07 Å². The topological polar surface area (TPSA) is 44.0 Å². The minimum absolute atomic E-state index is 0.0499. The fourth-order valence-corrected chi connectivity index (χ4v) is 3.39. The van der Waals surface area contributed by atoms with E-state index >= 15 is 0 Å². The van der Waals surface area contributed by atoms with Crippen molar-refractivity contribution in [1.29, 1.82) is 5.26 Å². The van der Waals surface area contributed by atoms with E-state index in [0.717, 1.165) is 42.5 Å². The van der Waals surface area contributed by atoms with Crippen LogP contribution in [0.5, 0.6) is 0 Å². The zero-order valence-corrected chi connectivity index (χ0v) is 14.6. The van der Waals surface area contributed by atoms with Gasteiger partial charge in [-0.05, 0) is 29.3 Å². The molecule has 0 amide bonds. The average molecular weight is 409 g/mol. The molecule has 2 aromatic rings. The number of allylic oxidation sites excluding steroid dienone is 2. The van der Waals surface area contributed by atoms with Crippen LogP contribution in [-0.2, 0) is 18.0 Å². The van der Waals surface area contributed by atoms with Crippen LogP contribution in [0.1, 0.15) is 28.7 Å². The SMILES string of the molecule is N#CC1=CCC(O)(c2ccccc2C(F)(F)F)C(c2ccccc2C(F)(F)F)=C1. The van der Waals surface area contributed by atoms with E-state index in [0.29, 0.717) is 0 Å². The van der Waals surface area contributed by atoms with Crippen LogP contribution in [0, 0.1) is 11.3 Å². The average Bonchev–Trinajstić information content (AvgIpc) is 2.67. The molecule has 0 radical (unpaired) electrons. The lowest BCUT2D eigenvalue weighted by molar-refractivity contribution is -0.140. The van der Waals surface area contributed by atoms with Crippen LogP contribution in [0.2, 0.25) is 0 Å². The Morgan fingerprint density at radius 3 is 2.00 bits per heavy atom. The van der Waals surface area contributed by atoms with Crippen LogP contribution in [0.4, 0.5) is 26.3 Å². The zero-order chi connectivity index (χ0) is 21.4. The summed E-state index contributed by atoms with van der Waals surface area (Å²) in [5.41, 5.74) is -6.22. The normalized spacial score (nSPS) is 19.9. The standard InChI is InChI=1S/C21H13F6NO/c22-20(23,24)15-6-2-1-5-14(15)18-11-13(12-28)9-10-19(18,29)16-7-3-4-8-17(16)21(25,26)27/h1-9,11,29H,10H2. The molecule has 0 spiro atoms. The Morgan fingerprint density at radius 1 is 0.862 bits per heavy atom. The second-order valence-electron chi connectivity index (χ2n) is 6.48. The number of halogens is 6. The highest BCUT2D eigenvalue weighted by Gasteiger charge is 2.45. The van der Waals surface area contributed by atoms with Gasteiger partial charge in [0.2, 0.25) is 0 Å². The minimum Gasteiger partial charge on any atom is -0.380 e. The van der Waals surface area contributed by atoms with Crippen LogP contribution in [0.3, 0.4) is 0 Å². The maximum absolute atomic E-state index is 13.5. The van der Waals surface area contributed by atoms with E-state index in [2.05, 4.69) is 0 Å². The molecule has 0 heterocycles. The molecule has 0 aromatic heterocycles. The molecule has 1 unspecified atom stereocenters. The smallest absolute Gasteiger partial charge is 0.380 e. The predicted octanol–water partition coefficient (Wildman–Crippen LogP) is 5.85. The molecule has 1 atom stereocenters. The van der Waals surface area contributed by atoms with Crippen LogP contribution < -0.4 is 0 Å². The van der Waals surface area contributed by atoms with Crippen molar-refractivity contribution in [1.82, 2.24) is 0 Å². The van der Waals surface area contributed by atoms with E-state index in [1.807, 2.05) is 0 Å². The highest BCUT2D eigenvalue weighted by atomic mass is 19.4. The van der Waals surface area contributed by atoms with Crippen molar-refractivity contribution in [2.24, 2.45) is 0 Å². The van der Waals surface area contributed by atoms with Gasteiger partial charge in [-0.1, -0.05) is 42.5 Å². The largest absolute Gasteiger partial charge is 0.416 e. The lowest BCUT2D eigenvalue weighted by atomic mass is 9.73. The summed E-state index contributed by atoms with van der Waals surface area (Å²) in [6.07, 6.45) is -7.93. The molecule has 2 nitrogen and oxygen atoms in total. The maximum atomic E-state index is 13.5. The Balaban J connectivity index is 2.32. The van der Waals surface area contributed by atoms with Gasteiger partial charge >= 0.3 is 12.4 Å². The summed E-state index contributed by atoms with van der Waals surface area (Å²) in [6, 6.07) is 10.2. The molecule has 2 aromatic carbocycles. The van der Waals surface area contributed by atoms with E-state index in [9.17, 15) is 31.4 Å². The molecule has 3 rings (SSSR count). The molecular weight excluding hydrogens is 396 g/mol. The minimum atomic E-state index is -4.83.